The van der Waals surface area contributed by atoms with Crippen molar-refractivity contribution in [1.82, 2.24) is 5.32 Å². The molecule has 1 atom stereocenters. The summed E-state index contributed by atoms with van der Waals surface area (Å²) in [7, 11) is 0. The molecule has 0 bridgehead atoms. The molecule has 2 nitrogen and oxygen atoms in total. The van der Waals surface area contributed by atoms with Crippen LogP contribution in [0.2, 0.25) is 0 Å². The van der Waals surface area contributed by atoms with Crippen molar-refractivity contribution in [2.24, 2.45) is 5.73 Å². The summed E-state index contributed by atoms with van der Waals surface area (Å²) in [6, 6.07) is 0.199. The van der Waals surface area contributed by atoms with Gasteiger partial charge in [0.25, 0.3) is 0 Å². The zero-order chi connectivity index (χ0) is 7.82. The molecule has 0 rings (SSSR count). The van der Waals surface area contributed by atoms with Crippen LogP contribution >= 0.6 is 0 Å². The molecule has 0 spiro atoms. The van der Waals surface area contributed by atoms with E-state index in [1.807, 2.05) is 6.92 Å². The molecule has 0 aromatic carbocycles. The van der Waals surface area contributed by atoms with E-state index < -0.39 is 0 Å². The third-order valence-corrected chi connectivity index (χ3v) is 1.20. The molecule has 0 aliphatic carbocycles. The Kier molecular flexibility index (Phi) is 6.86. The van der Waals surface area contributed by atoms with Gasteiger partial charge in [-0.15, -0.1) is 0 Å². The van der Waals surface area contributed by atoms with Gasteiger partial charge in [0.1, 0.15) is 0 Å². The molecule has 0 saturated carbocycles. The van der Waals surface area contributed by atoms with Gasteiger partial charge in [-0.3, -0.25) is 4.39 Å². The van der Waals surface area contributed by atoms with Gasteiger partial charge >= 0.3 is 0 Å². The molecular formula is C7H17FN2. The standard InChI is InChI=1S/C7H17FN2/c1-7(9)6-10-5-3-2-4-8/h7,10H,2-6,9H2,1H3/t7-/m0/s1. The number of hydrogen-bond donors (Lipinski definition) is 2. The lowest BCUT2D eigenvalue weighted by atomic mass is 10.3. The second-order valence-corrected chi connectivity index (χ2v) is 2.58. The number of nitrogens with two attached hydrogens (primary N) is 1. The second kappa shape index (κ2) is 6.96. The molecule has 0 unspecified atom stereocenters. The number of unbranched alkanes of at least 4 members (excludes halogenated alkanes) is 1. The van der Waals surface area contributed by atoms with E-state index in [4.69, 9.17) is 5.73 Å². The maximum absolute atomic E-state index is 11.5. The largest absolute Gasteiger partial charge is 0.327 e. The van der Waals surface area contributed by atoms with E-state index in [0.717, 1.165) is 19.5 Å². The Labute approximate surface area is 62.0 Å². The molecule has 0 saturated heterocycles. The second-order valence-electron chi connectivity index (χ2n) is 2.58. The van der Waals surface area contributed by atoms with Crippen molar-refractivity contribution in [3.8, 4) is 0 Å². The van der Waals surface area contributed by atoms with Gasteiger partial charge in [0.15, 0.2) is 0 Å². The number of nitrogens with one attached hydrogen (secondary N) is 1. The molecule has 0 aliphatic rings. The third kappa shape index (κ3) is 7.85. The van der Waals surface area contributed by atoms with E-state index in [1.165, 1.54) is 0 Å². The summed E-state index contributed by atoms with van der Waals surface area (Å²) in [4.78, 5) is 0. The molecule has 0 amide bonds. The zero-order valence-corrected chi connectivity index (χ0v) is 6.57. The zero-order valence-electron chi connectivity index (χ0n) is 6.57. The van der Waals surface area contributed by atoms with Crippen LogP contribution in [0.25, 0.3) is 0 Å². The smallest absolute Gasteiger partial charge is 0.0894 e. The monoisotopic (exact) mass is 148 g/mol. The molecular weight excluding hydrogens is 131 g/mol. The van der Waals surface area contributed by atoms with E-state index in [9.17, 15) is 4.39 Å². The van der Waals surface area contributed by atoms with Crippen molar-refractivity contribution in [3.63, 3.8) is 0 Å². The molecule has 0 radical (unpaired) electrons. The minimum Gasteiger partial charge on any atom is -0.327 e. The molecule has 3 N–H and O–H groups in total. The molecule has 0 aromatic heterocycles. The number of alkyl halides is 1. The lowest BCUT2D eigenvalue weighted by molar-refractivity contribution is 0.453. The molecule has 62 valence electrons. The Morgan fingerprint density at radius 1 is 1.50 bits per heavy atom. The average Bonchev–Trinajstić information content (AvgIpc) is 1.87. The van der Waals surface area contributed by atoms with Crippen LogP contribution in [0.15, 0.2) is 0 Å². The predicted octanol–water partition coefficient (Wildman–Crippen LogP) is 0.673. The van der Waals surface area contributed by atoms with E-state index in [-0.39, 0.29) is 12.7 Å². The van der Waals surface area contributed by atoms with Gasteiger partial charge in [0, 0.05) is 12.6 Å². The minimum absolute atomic E-state index is 0.199. The van der Waals surface area contributed by atoms with Gasteiger partial charge in [-0.1, -0.05) is 0 Å². The number of halogens is 1. The van der Waals surface area contributed by atoms with Crippen LogP contribution in [-0.4, -0.2) is 25.8 Å². The highest BCUT2D eigenvalue weighted by atomic mass is 19.1. The van der Waals surface area contributed by atoms with Crippen LogP contribution in [0.5, 0.6) is 0 Å². The van der Waals surface area contributed by atoms with Gasteiger partial charge in [0.05, 0.1) is 6.67 Å². The first-order valence-electron chi connectivity index (χ1n) is 3.79. The summed E-state index contributed by atoms with van der Waals surface area (Å²) in [5, 5.41) is 3.13. The summed E-state index contributed by atoms with van der Waals surface area (Å²) in [5.41, 5.74) is 5.47. The van der Waals surface area contributed by atoms with Crippen molar-refractivity contribution < 1.29 is 4.39 Å². The van der Waals surface area contributed by atoms with Gasteiger partial charge in [-0.25, -0.2) is 0 Å². The Balaban J connectivity index is 2.77. The summed E-state index contributed by atoms with van der Waals surface area (Å²) in [6.07, 6.45) is 1.56. The lowest BCUT2D eigenvalue weighted by Gasteiger charge is -2.05. The molecule has 0 aromatic rings. The summed E-state index contributed by atoms with van der Waals surface area (Å²) < 4.78 is 11.5. The van der Waals surface area contributed by atoms with E-state index in [0.29, 0.717) is 6.42 Å². The van der Waals surface area contributed by atoms with Gasteiger partial charge in [-0.2, -0.15) is 0 Å². The van der Waals surface area contributed by atoms with Crippen molar-refractivity contribution in [2.75, 3.05) is 19.8 Å². The summed E-state index contributed by atoms with van der Waals surface area (Å²) in [6.45, 7) is 3.44. The fourth-order valence-electron chi connectivity index (χ4n) is 0.674. The third-order valence-electron chi connectivity index (χ3n) is 1.20. The van der Waals surface area contributed by atoms with Gasteiger partial charge < -0.3 is 11.1 Å². The summed E-state index contributed by atoms with van der Waals surface area (Å²) >= 11 is 0. The quantitative estimate of drug-likeness (QED) is 0.543. The SMILES string of the molecule is C[C@H](N)CNCCCCF. The highest BCUT2D eigenvalue weighted by Gasteiger charge is 1.91. The first kappa shape index (κ1) is 9.85. The van der Waals surface area contributed by atoms with Crippen molar-refractivity contribution in [2.45, 2.75) is 25.8 Å². The number of hydrogen-bond acceptors (Lipinski definition) is 2. The predicted molar refractivity (Wildman–Crippen MR) is 41.7 cm³/mol. The topological polar surface area (TPSA) is 38.0 Å². The maximum Gasteiger partial charge on any atom is 0.0894 e. The lowest BCUT2D eigenvalue weighted by Crippen LogP contribution is -2.31. The van der Waals surface area contributed by atoms with E-state index in [2.05, 4.69) is 5.32 Å². The first-order chi connectivity index (χ1) is 4.77. The Bertz CT molecular complexity index is 66.6. The molecule has 3 heteroatoms. The van der Waals surface area contributed by atoms with Crippen LogP contribution in [-0.2, 0) is 0 Å². The van der Waals surface area contributed by atoms with Crippen molar-refractivity contribution >= 4 is 0 Å². The van der Waals surface area contributed by atoms with Crippen LogP contribution in [0.1, 0.15) is 19.8 Å². The Hall–Kier alpha value is -0.150. The number of rotatable bonds is 6. The van der Waals surface area contributed by atoms with Crippen molar-refractivity contribution in [3.05, 3.63) is 0 Å². The highest BCUT2D eigenvalue weighted by Crippen LogP contribution is 1.86. The van der Waals surface area contributed by atoms with E-state index >= 15 is 0 Å². The molecule has 0 heterocycles. The maximum atomic E-state index is 11.5. The Morgan fingerprint density at radius 2 is 2.20 bits per heavy atom. The van der Waals surface area contributed by atoms with E-state index in [1.54, 1.807) is 0 Å². The molecule has 0 aliphatic heterocycles. The van der Waals surface area contributed by atoms with Gasteiger partial charge in [-0.05, 0) is 26.3 Å². The summed E-state index contributed by atoms with van der Waals surface area (Å²) in [5.74, 6) is 0. The first-order valence-corrected chi connectivity index (χ1v) is 3.79. The van der Waals surface area contributed by atoms with Crippen LogP contribution in [0.4, 0.5) is 4.39 Å². The normalized spacial score (nSPS) is 13.5. The minimum atomic E-state index is -0.208. The van der Waals surface area contributed by atoms with Crippen LogP contribution < -0.4 is 11.1 Å². The average molecular weight is 148 g/mol. The van der Waals surface area contributed by atoms with Crippen LogP contribution in [0.3, 0.4) is 0 Å². The fraction of sp³-hybridized carbons (Fsp3) is 1.00. The van der Waals surface area contributed by atoms with Crippen molar-refractivity contribution in [1.29, 1.82) is 0 Å². The molecule has 10 heavy (non-hydrogen) atoms. The van der Waals surface area contributed by atoms with Crippen LogP contribution in [0, 0.1) is 0 Å². The fourth-order valence-corrected chi connectivity index (χ4v) is 0.674. The van der Waals surface area contributed by atoms with Gasteiger partial charge in [0.2, 0.25) is 0 Å². The Morgan fingerprint density at radius 3 is 2.70 bits per heavy atom. The molecule has 0 fully saturated rings. The highest BCUT2D eigenvalue weighted by molar-refractivity contribution is 4.56.